The lowest BCUT2D eigenvalue weighted by Gasteiger charge is -2.23. The van der Waals surface area contributed by atoms with Gasteiger partial charge in [0.1, 0.15) is 0 Å². The molecule has 0 spiro atoms. The second kappa shape index (κ2) is 4.51. The summed E-state index contributed by atoms with van der Waals surface area (Å²) < 4.78 is 10.1. The van der Waals surface area contributed by atoms with Crippen LogP contribution in [-0.2, 0) is 0 Å². The van der Waals surface area contributed by atoms with Crippen molar-refractivity contribution in [2.75, 3.05) is 19.5 Å². The maximum absolute atomic E-state index is 9.73. The van der Waals surface area contributed by atoms with Gasteiger partial charge in [0.25, 0.3) is 0 Å². The number of benzene rings is 1. The summed E-state index contributed by atoms with van der Waals surface area (Å²) in [4.78, 5) is 0. The van der Waals surface area contributed by atoms with Gasteiger partial charge in [-0.25, -0.2) is 0 Å². The molecule has 0 aliphatic rings. The van der Waals surface area contributed by atoms with Crippen LogP contribution in [0.5, 0.6) is 17.2 Å². The first kappa shape index (κ1) is 12.5. The molecule has 1 rings (SSSR count). The van der Waals surface area contributed by atoms with Gasteiger partial charge in [-0.15, -0.1) is 0 Å². The molecule has 16 heavy (non-hydrogen) atoms. The number of aromatic hydroxyl groups is 1. The first-order chi connectivity index (χ1) is 7.37. The third-order valence-corrected chi connectivity index (χ3v) is 2.00. The summed E-state index contributed by atoms with van der Waals surface area (Å²) in [7, 11) is 3.02. The van der Waals surface area contributed by atoms with Crippen molar-refractivity contribution in [3.63, 3.8) is 0 Å². The summed E-state index contributed by atoms with van der Waals surface area (Å²) in [6.45, 7) is 6.16. The third kappa shape index (κ3) is 2.95. The Labute approximate surface area is 96.2 Å². The third-order valence-electron chi connectivity index (χ3n) is 2.00. The van der Waals surface area contributed by atoms with Crippen LogP contribution in [0.15, 0.2) is 12.1 Å². The summed E-state index contributed by atoms with van der Waals surface area (Å²) in [5.74, 6) is 0.807. The zero-order chi connectivity index (χ0) is 12.3. The van der Waals surface area contributed by atoms with E-state index in [0.717, 1.165) is 5.69 Å². The minimum absolute atomic E-state index is 0.0180. The van der Waals surface area contributed by atoms with Gasteiger partial charge in [0, 0.05) is 23.4 Å². The lowest BCUT2D eigenvalue weighted by atomic mass is 10.1. The van der Waals surface area contributed by atoms with Crippen molar-refractivity contribution in [1.29, 1.82) is 0 Å². The van der Waals surface area contributed by atoms with Crippen molar-refractivity contribution in [2.45, 2.75) is 26.3 Å². The summed E-state index contributed by atoms with van der Waals surface area (Å²) in [5, 5.41) is 13.0. The number of rotatable bonds is 3. The zero-order valence-corrected chi connectivity index (χ0v) is 10.4. The SMILES string of the molecule is COc1cc(NC(C)(C)C)cc(OC)c1O. The molecule has 0 aliphatic carbocycles. The normalized spacial score (nSPS) is 11.1. The fourth-order valence-corrected chi connectivity index (χ4v) is 1.40. The molecule has 1 aromatic rings. The van der Waals surface area contributed by atoms with Crippen LogP contribution in [-0.4, -0.2) is 24.9 Å². The van der Waals surface area contributed by atoms with Crippen LogP contribution in [0.2, 0.25) is 0 Å². The van der Waals surface area contributed by atoms with Crippen molar-refractivity contribution in [2.24, 2.45) is 0 Å². The van der Waals surface area contributed by atoms with Crippen molar-refractivity contribution >= 4 is 5.69 Å². The molecule has 0 saturated heterocycles. The molecule has 0 fully saturated rings. The number of hydrogen-bond donors (Lipinski definition) is 2. The van der Waals surface area contributed by atoms with E-state index in [2.05, 4.69) is 26.1 Å². The number of phenols is 1. The number of methoxy groups -OCH3 is 2. The van der Waals surface area contributed by atoms with E-state index in [-0.39, 0.29) is 11.3 Å². The van der Waals surface area contributed by atoms with Gasteiger partial charge in [-0.1, -0.05) is 0 Å². The summed E-state index contributed by atoms with van der Waals surface area (Å²) in [5.41, 5.74) is 0.784. The van der Waals surface area contributed by atoms with E-state index in [1.165, 1.54) is 14.2 Å². The van der Waals surface area contributed by atoms with Gasteiger partial charge in [0.15, 0.2) is 11.5 Å². The highest BCUT2D eigenvalue weighted by Crippen LogP contribution is 2.39. The van der Waals surface area contributed by atoms with Gasteiger partial charge < -0.3 is 19.9 Å². The van der Waals surface area contributed by atoms with Gasteiger partial charge in [-0.05, 0) is 20.8 Å². The molecule has 90 valence electrons. The van der Waals surface area contributed by atoms with E-state index >= 15 is 0 Å². The van der Waals surface area contributed by atoms with E-state index in [1.54, 1.807) is 12.1 Å². The first-order valence-corrected chi connectivity index (χ1v) is 5.10. The molecule has 4 heteroatoms. The maximum atomic E-state index is 9.73. The van der Waals surface area contributed by atoms with Gasteiger partial charge >= 0.3 is 0 Å². The number of hydrogen-bond acceptors (Lipinski definition) is 4. The lowest BCUT2D eigenvalue weighted by molar-refractivity contribution is 0.340. The molecule has 0 atom stereocenters. The fourth-order valence-electron chi connectivity index (χ4n) is 1.40. The van der Waals surface area contributed by atoms with Gasteiger partial charge in [-0.2, -0.15) is 0 Å². The van der Waals surface area contributed by atoms with Gasteiger partial charge in [0.05, 0.1) is 14.2 Å². The number of anilines is 1. The minimum Gasteiger partial charge on any atom is -0.502 e. The van der Waals surface area contributed by atoms with E-state index in [9.17, 15) is 5.11 Å². The quantitative estimate of drug-likeness (QED) is 0.776. The van der Waals surface area contributed by atoms with E-state index in [4.69, 9.17) is 9.47 Å². The Morgan fingerprint density at radius 2 is 1.50 bits per heavy atom. The Morgan fingerprint density at radius 3 is 1.81 bits per heavy atom. The molecule has 0 saturated carbocycles. The van der Waals surface area contributed by atoms with Crippen LogP contribution in [0.4, 0.5) is 5.69 Å². The topological polar surface area (TPSA) is 50.7 Å². The molecule has 4 nitrogen and oxygen atoms in total. The highest BCUT2D eigenvalue weighted by Gasteiger charge is 2.15. The Hall–Kier alpha value is -1.58. The monoisotopic (exact) mass is 225 g/mol. The first-order valence-electron chi connectivity index (χ1n) is 5.10. The molecule has 0 aromatic heterocycles. The van der Waals surface area contributed by atoms with Crippen LogP contribution in [0.3, 0.4) is 0 Å². The van der Waals surface area contributed by atoms with Crippen LogP contribution in [0.25, 0.3) is 0 Å². The maximum Gasteiger partial charge on any atom is 0.200 e. The number of nitrogens with one attached hydrogen (secondary N) is 1. The zero-order valence-electron chi connectivity index (χ0n) is 10.4. The Balaban J connectivity index is 3.12. The molecule has 0 radical (unpaired) electrons. The average molecular weight is 225 g/mol. The predicted octanol–water partition coefficient (Wildman–Crippen LogP) is 2.62. The van der Waals surface area contributed by atoms with Gasteiger partial charge in [0.2, 0.25) is 5.75 Å². The molecule has 0 heterocycles. The highest BCUT2D eigenvalue weighted by atomic mass is 16.5. The smallest absolute Gasteiger partial charge is 0.200 e. The standard InChI is InChI=1S/C12H19NO3/c1-12(2,3)13-8-6-9(15-4)11(14)10(7-8)16-5/h6-7,13-14H,1-5H3. The van der Waals surface area contributed by atoms with Crippen molar-refractivity contribution in [1.82, 2.24) is 0 Å². The Kier molecular flexibility index (Phi) is 3.52. The lowest BCUT2D eigenvalue weighted by Crippen LogP contribution is -2.26. The molecular weight excluding hydrogens is 206 g/mol. The van der Waals surface area contributed by atoms with Crippen LogP contribution >= 0.6 is 0 Å². The molecule has 2 N–H and O–H groups in total. The molecular formula is C12H19NO3. The predicted molar refractivity (Wildman–Crippen MR) is 64.6 cm³/mol. The second-order valence-electron chi connectivity index (χ2n) is 4.60. The largest absolute Gasteiger partial charge is 0.502 e. The number of ether oxygens (including phenoxy) is 2. The minimum atomic E-state index is -0.0625. The van der Waals surface area contributed by atoms with Crippen LogP contribution < -0.4 is 14.8 Å². The number of phenolic OH excluding ortho intramolecular Hbond substituents is 1. The van der Waals surface area contributed by atoms with Gasteiger partial charge in [-0.3, -0.25) is 0 Å². The second-order valence-corrected chi connectivity index (χ2v) is 4.60. The average Bonchev–Trinajstić information content (AvgIpc) is 2.18. The molecule has 0 bridgehead atoms. The Morgan fingerprint density at radius 1 is 1.06 bits per heavy atom. The molecule has 0 amide bonds. The van der Waals surface area contributed by atoms with E-state index < -0.39 is 0 Å². The van der Waals surface area contributed by atoms with Crippen LogP contribution in [0, 0.1) is 0 Å². The Bertz CT molecular complexity index is 344. The highest BCUT2D eigenvalue weighted by molar-refractivity contribution is 5.62. The summed E-state index contributed by atoms with van der Waals surface area (Å²) in [6.07, 6.45) is 0. The van der Waals surface area contributed by atoms with Crippen LogP contribution in [0.1, 0.15) is 20.8 Å². The summed E-state index contributed by atoms with van der Waals surface area (Å²) in [6, 6.07) is 3.48. The molecule has 1 aromatic carbocycles. The summed E-state index contributed by atoms with van der Waals surface area (Å²) >= 11 is 0. The molecule has 0 unspecified atom stereocenters. The van der Waals surface area contributed by atoms with Crippen molar-refractivity contribution in [3.05, 3.63) is 12.1 Å². The van der Waals surface area contributed by atoms with E-state index in [1.807, 2.05) is 0 Å². The fraction of sp³-hybridized carbons (Fsp3) is 0.500. The van der Waals surface area contributed by atoms with Crippen molar-refractivity contribution < 1.29 is 14.6 Å². The van der Waals surface area contributed by atoms with E-state index in [0.29, 0.717) is 11.5 Å². The molecule has 0 aliphatic heterocycles. The van der Waals surface area contributed by atoms with Crippen molar-refractivity contribution in [3.8, 4) is 17.2 Å².